The molecule has 116 valence electrons. The first-order chi connectivity index (χ1) is 11.2. The fourth-order valence-electron chi connectivity index (χ4n) is 2.83. The van der Waals surface area contributed by atoms with Gasteiger partial charge in [-0.15, -0.1) is 0 Å². The first-order valence-corrected chi connectivity index (χ1v) is 8.00. The van der Waals surface area contributed by atoms with Gasteiger partial charge >= 0.3 is 0 Å². The van der Waals surface area contributed by atoms with Crippen molar-refractivity contribution >= 4 is 17.6 Å². The predicted octanol–water partition coefficient (Wildman–Crippen LogP) is 4.32. The molecule has 0 bridgehead atoms. The van der Waals surface area contributed by atoms with E-state index in [4.69, 9.17) is 0 Å². The van der Waals surface area contributed by atoms with E-state index in [0.717, 1.165) is 18.5 Å². The van der Waals surface area contributed by atoms with E-state index in [0.29, 0.717) is 6.54 Å². The largest absolute Gasteiger partial charge is 0.335 e. The molecule has 2 nitrogen and oxygen atoms in total. The van der Waals surface area contributed by atoms with Gasteiger partial charge < -0.3 is 4.90 Å². The zero-order valence-electron chi connectivity index (χ0n) is 13.4. The molecule has 0 radical (unpaired) electrons. The Hall–Kier alpha value is -2.61. The topological polar surface area (TPSA) is 20.3 Å². The van der Waals surface area contributed by atoms with Gasteiger partial charge in [0.05, 0.1) is 0 Å². The summed E-state index contributed by atoms with van der Waals surface area (Å²) in [6, 6.07) is 18.5. The standard InChI is InChI=1S/C21H21NO/c1-17-6-5-7-18(16-17)10-11-21(23)22-14-12-20(13-15-22)19-8-3-2-4-9-19/h2-12,16H,13-15H2,1H3. The average molecular weight is 303 g/mol. The molecule has 0 fully saturated rings. The molecule has 0 atom stereocenters. The van der Waals surface area contributed by atoms with E-state index < -0.39 is 0 Å². The number of rotatable bonds is 3. The highest BCUT2D eigenvalue weighted by Gasteiger charge is 2.15. The van der Waals surface area contributed by atoms with Crippen molar-refractivity contribution in [2.45, 2.75) is 13.3 Å². The van der Waals surface area contributed by atoms with Crippen LogP contribution in [0.2, 0.25) is 0 Å². The molecule has 1 aliphatic rings. The van der Waals surface area contributed by atoms with E-state index in [1.54, 1.807) is 6.08 Å². The Labute approximate surface area is 137 Å². The molecule has 3 rings (SSSR count). The summed E-state index contributed by atoms with van der Waals surface area (Å²) in [4.78, 5) is 14.2. The van der Waals surface area contributed by atoms with E-state index in [1.807, 2.05) is 29.2 Å². The molecule has 1 heterocycles. The van der Waals surface area contributed by atoms with Crippen LogP contribution in [0.1, 0.15) is 23.1 Å². The molecule has 2 heteroatoms. The van der Waals surface area contributed by atoms with Crippen molar-refractivity contribution in [1.29, 1.82) is 0 Å². The van der Waals surface area contributed by atoms with Gasteiger partial charge in [0.15, 0.2) is 0 Å². The van der Waals surface area contributed by atoms with Crippen molar-refractivity contribution in [2.75, 3.05) is 13.1 Å². The second-order valence-electron chi connectivity index (χ2n) is 5.88. The highest BCUT2D eigenvalue weighted by atomic mass is 16.2. The Morgan fingerprint density at radius 3 is 2.61 bits per heavy atom. The average Bonchev–Trinajstić information content (AvgIpc) is 2.61. The maximum atomic E-state index is 12.3. The smallest absolute Gasteiger partial charge is 0.246 e. The van der Waals surface area contributed by atoms with Crippen LogP contribution in [0, 0.1) is 6.92 Å². The number of hydrogen-bond acceptors (Lipinski definition) is 1. The molecule has 0 spiro atoms. The van der Waals surface area contributed by atoms with E-state index in [9.17, 15) is 4.79 Å². The zero-order chi connectivity index (χ0) is 16.1. The van der Waals surface area contributed by atoms with Gasteiger partial charge in [-0.2, -0.15) is 0 Å². The molecule has 0 unspecified atom stereocenters. The minimum absolute atomic E-state index is 0.0786. The van der Waals surface area contributed by atoms with Crippen molar-refractivity contribution in [3.63, 3.8) is 0 Å². The van der Waals surface area contributed by atoms with Gasteiger partial charge in [-0.05, 0) is 36.1 Å². The minimum atomic E-state index is 0.0786. The lowest BCUT2D eigenvalue weighted by atomic mass is 9.99. The Morgan fingerprint density at radius 2 is 1.91 bits per heavy atom. The molecule has 1 aliphatic heterocycles. The molecule has 0 N–H and O–H groups in total. The third-order valence-corrected chi connectivity index (χ3v) is 4.13. The van der Waals surface area contributed by atoms with Crippen LogP contribution in [0.5, 0.6) is 0 Å². The van der Waals surface area contributed by atoms with E-state index >= 15 is 0 Å². The monoisotopic (exact) mass is 303 g/mol. The number of benzene rings is 2. The quantitative estimate of drug-likeness (QED) is 0.773. The summed E-state index contributed by atoms with van der Waals surface area (Å²) in [5.41, 5.74) is 4.86. The molecular weight excluding hydrogens is 282 g/mol. The molecule has 0 saturated carbocycles. The Morgan fingerprint density at radius 1 is 1.09 bits per heavy atom. The number of hydrogen-bond donors (Lipinski definition) is 0. The normalized spacial score (nSPS) is 14.8. The first-order valence-electron chi connectivity index (χ1n) is 8.00. The summed E-state index contributed by atoms with van der Waals surface area (Å²) in [5.74, 6) is 0.0786. The Balaban J connectivity index is 1.63. The molecule has 2 aromatic rings. The van der Waals surface area contributed by atoms with Gasteiger partial charge in [-0.25, -0.2) is 0 Å². The Kier molecular flexibility index (Phi) is 4.72. The summed E-state index contributed by atoms with van der Waals surface area (Å²) in [7, 11) is 0. The van der Waals surface area contributed by atoms with Crippen LogP contribution in [0.4, 0.5) is 0 Å². The van der Waals surface area contributed by atoms with Gasteiger partial charge in [0.25, 0.3) is 0 Å². The second kappa shape index (κ2) is 7.10. The third kappa shape index (κ3) is 3.98. The minimum Gasteiger partial charge on any atom is -0.335 e. The van der Waals surface area contributed by atoms with Crippen molar-refractivity contribution in [1.82, 2.24) is 4.90 Å². The van der Waals surface area contributed by atoms with Crippen LogP contribution >= 0.6 is 0 Å². The van der Waals surface area contributed by atoms with Crippen LogP contribution in [-0.2, 0) is 4.79 Å². The molecule has 23 heavy (non-hydrogen) atoms. The van der Waals surface area contributed by atoms with Crippen LogP contribution in [-0.4, -0.2) is 23.9 Å². The van der Waals surface area contributed by atoms with Crippen molar-refractivity contribution in [3.05, 3.63) is 83.4 Å². The highest BCUT2D eigenvalue weighted by Crippen LogP contribution is 2.22. The van der Waals surface area contributed by atoms with Gasteiger partial charge in [-0.3, -0.25) is 4.79 Å². The fraction of sp³-hybridized carbons (Fsp3) is 0.190. The predicted molar refractivity (Wildman–Crippen MR) is 95.8 cm³/mol. The van der Waals surface area contributed by atoms with Crippen LogP contribution in [0.25, 0.3) is 11.6 Å². The summed E-state index contributed by atoms with van der Waals surface area (Å²) in [6.45, 7) is 3.51. The zero-order valence-corrected chi connectivity index (χ0v) is 13.4. The maximum absolute atomic E-state index is 12.3. The number of nitrogens with zero attached hydrogens (tertiary/aromatic N) is 1. The van der Waals surface area contributed by atoms with E-state index in [-0.39, 0.29) is 5.91 Å². The van der Waals surface area contributed by atoms with Gasteiger partial charge in [-0.1, -0.05) is 66.2 Å². The molecule has 2 aromatic carbocycles. The van der Waals surface area contributed by atoms with Crippen LogP contribution in [0.15, 0.2) is 66.7 Å². The summed E-state index contributed by atoms with van der Waals surface area (Å²) >= 11 is 0. The lowest BCUT2D eigenvalue weighted by Crippen LogP contribution is -2.33. The SMILES string of the molecule is Cc1cccc(C=CC(=O)N2CC=C(c3ccccc3)CC2)c1. The molecule has 1 amide bonds. The number of aryl methyl sites for hydroxylation is 1. The highest BCUT2D eigenvalue weighted by molar-refractivity contribution is 5.92. The Bertz CT molecular complexity index is 743. The number of carbonyl (C=O) groups excluding carboxylic acids is 1. The molecule has 0 aromatic heterocycles. The first kappa shape index (κ1) is 15.3. The molecule has 0 saturated heterocycles. The maximum Gasteiger partial charge on any atom is 0.246 e. The van der Waals surface area contributed by atoms with Crippen LogP contribution < -0.4 is 0 Å². The summed E-state index contributed by atoms with van der Waals surface area (Å²) < 4.78 is 0. The van der Waals surface area contributed by atoms with E-state index in [1.165, 1.54) is 16.7 Å². The fourth-order valence-corrected chi connectivity index (χ4v) is 2.83. The number of carbonyl (C=O) groups is 1. The van der Waals surface area contributed by atoms with Crippen LogP contribution in [0.3, 0.4) is 0 Å². The van der Waals surface area contributed by atoms with Crippen molar-refractivity contribution in [3.8, 4) is 0 Å². The van der Waals surface area contributed by atoms with Crippen molar-refractivity contribution < 1.29 is 4.79 Å². The molecule has 0 aliphatic carbocycles. The summed E-state index contributed by atoms with van der Waals surface area (Å²) in [5, 5.41) is 0. The van der Waals surface area contributed by atoms with Crippen molar-refractivity contribution in [2.24, 2.45) is 0 Å². The lowest BCUT2D eigenvalue weighted by molar-refractivity contribution is -0.125. The summed E-state index contributed by atoms with van der Waals surface area (Å²) in [6.07, 6.45) is 6.65. The number of amides is 1. The third-order valence-electron chi connectivity index (χ3n) is 4.13. The molecular formula is C21H21NO. The van der Waals surface area contributed by atoms with Gasteiger partial charge in [0.1, 0.15) is 0 Å². The second-order valence-corrected chi connectivity index (χ2v) is 5.88. The lowest BCUT2D eigenvalue weighted by Gasteiger charge is -2.25. The van der Waals surface area contributed by atoms with Gasteiger partial charge in [0, 0.05) is 19.2 Å². The van der Waals surface area contributed by atoms with Gasteiger partial charge in [0.2, 0.25) is 5.91 Å². The van der Waals surface area contributed by atoms with E-state index in [2.05, 4.69) is 49.4 Å².